The molecule has 0 radical (unpaired) electrons. The van der Waals surface area contributed by atoms with Crippen molar-refractivity contribution in [1.82, 2.24) is 14.4 Å². The predicted octanol–water partition coefficient (Wildman–Crippen LogP) is 4.58. The van der Waals surface area contributed by atoms with Gasteiger partial charge in [0.15, 0.2) is 0 Å². The minimum Gasteiger partial charge on any atom is -0.339 e. The molecular formula is C26H30N4O4S. The summed E-state index contributed by atoms with van der Waals surface area (Å²) in [7, 11) is -3.72. The van der Waals surface area contributed by atoms with Crippen LogP contribution in [-0.4, -0.2) is 41.9 Å². The second-order valence-corrected chi connectivity index (χ2v) is 11.7. The van der Waals surface area contributed by atoms with E-state index < -0.39 is 10.0 Å². The highest BCUT2D eigenvalue weighted by Crippen LogP contribution is 2.39. The van der Waals surface area contributed by atoms with Crippen LogP contribution >= 0.6 is 0 Å². The fraction of sp³-hybridized carbons (Fsp3) is 0.423. The molecule has 1 aromatic heterocycles. The average Bonchev–Trinajstić information content (AvgIpc) is 3.55. The first-order chi connectivity index (χ1) is 16.7. The number of carbonyl (C=O) groups excluding carboxylic acids is 1. The van der Waals surface area contributed by atoms with Crippen LogP contribution in [0, 0.1) is 26.7 Å². The molecule has 0 atom stereocenters. The summed E-state index contributed by atoms with van der Waals surface area (Å²) >= 11 is 0. The van der Waals surface area contributed by atoms with Gasteiger partial charge >= 0.3 is 0 Å². The zero-order valence-corrected chi connectivity index (χ0v) is 21.1. The van der Waals surface area contributed by atoms with Crippen molar-refractivity contribution in [2.45, 2.75) is 57.3 Å². The molecular weight excluding hydrogens is 464 g/mol. The number of sulfonamides is 1. The number of aryl methyl sites for hydroxylation is 3. The van der Waals surface area contributed by atoms with E-state index in [1.165, 1.54) is 4.31 Å². The molecule has 0 spiro atoms. The smallest absolute Gasteiger partial charge is 0.243 e. The second kappa shape index (κ2) is 9.20. The van der Waals surface area contributed by atoms with Gasteiger partial charge in [0.1, 0.15) is 0 Å². The molecule has 1 aliphatic heterocycles. The Morgan fingerprint density at radius 3 is 2.34 bits per heavy atom. The van der Waals surface area contributed by atoms with Crippen molar-refractivity contribution in [2.75, 3.05) is 18.4 Å². The molecule has 1 N–H and O–H groups in total. The van der Waals surface area contributed by atoms with E-state index in [0.29, 0.717) is 54.7 Å². The summed E-state index contributed by atoms with van der Waals surface area (Å²) in [5, 5.41) is 7.05. The van der Waals surface area contributed by atoms with Gasteiger partial charge in [0.05, 0.1) is 4.90 Å². The maximum atomic E-state index is 13.5. The topological polar surface area (TPSA) is 105 Å². The van der Waals surface area contributed by atoms with Gasteiger partial charge in [-0.25, -0.2) is 8.42 Å². The minimum atomic E-state index is -3.72. The first kappa shape index (κ1) is 23.7. The number of carbonyl (C=O) groups is 1. The van der Waals surface area contributed by atoms with E-state index in [2.05, 4.69) is 21.5 Å². The Morgan fingerprint density at radius 2 is 1.69 bits per heavy atom. The van der Waals surface area contributed by atoms with Gasteiger partial charge in [-0.15, -0.1) is 0 Å². The van der Waals surface area contributed by atoms with Crippen LogP contribution in [0.25, 0.3) is 11.4 Å². The third kappa shape index (κ3) is 5.01. The van der Waals surface area contributed by atoms with Crippen molar-refractivity contribution >= 4 is 21.6 Å². The van der Waals surface area contributed by atoms with E-state index in [9.17, 15) is 13.2 Å². The highest BCUT2D eigenvalue weighted by molar-refractivity contribution is 7.89. The quantitative estimate of drug-likeness (QED) is 0.538. The lowest BCUT2D eigenvalue weighted by atomic mass is 9.97. The molecule has 2 aromatic carbocycles. The summed E-state index contributed by atoms with van der Waals surface area (Å²) < 4.78 is 33.9. The molecule has 5 rings (SSSR count). The molecule has 1 saturated heterocycles. The van der Waals surface area contributed by atoms with Gasteiger partial charge in [-0.2, -0.15) is 9.29 Å². The monoisotopic (exact) mass is 494 g/mol. The Kier molecular flexibility index (Phi) is 6.23. The third-order valence-electron chi connectivity index (χ3n) is 6.75. The lowest BCUT2D eigenvalue weighted by Gasteiger charge is -2.31. The summed E-state index contributed by atoms with van der Waals surface area (Å²) in [6, 6.07) is 11.2. The first-order valence-corrected chi connectivity index (χ1v) is 13.5. The number of nitrogens with zero attached hydrogens (tertiary/aromatic N) is 3. The molecule has 184 valence electrons. The molecule has 9 heteroatoms. The Bertz CT molecular complexity index is 1350. The number of benzene rings is 2. The van der Waals surface area contributed by atoms with Gasteiger partial charge < -0.3 is 9.84 Å². The zero-order valence-electron chi connectivity index (χ0n) is 20.2. The molecule has 8 nitrogen and oxygen atoms in total. The van der Waals surface area contributed by atoms with Crippen LogP contribution in [0.15, 0.2) is 45.8 Å². The number of rotatable bonds is 6. The van der Waals surface area contributed by atoms with Crippen molar-refractivity contribution in [3.63, 3.8) is 0 Å². The van der Waals surface area contributed by atoms with Gasteiger partial charge in [-0.3, -0.25) is 4.79 Å². The SMILES string of the molecule is Cc1cc(C)cc(NC(=O)C2CCN(S(=O)(=O)c3cc(-c4noc(C5CC5)n4)ccc3C)CC2)c1. The summed E-state index contributed by atoms with van der Waals surface area (Å²) in [5.74, 6) is 1.07. The van der Waals surface area contributed by atoms with Crippen LogP contribution in [0.1, 0.15) is 54.2 Å². The maximum absolute atomic E-state index is 13.5. The van der Waals surface area contributed by atoms with Crippen LogP contribution < -0.4 is 5.32 Å². The van der Waals surface area contributed by atoms with Crippen LogP contribution in [0.2, 0.25) is 0 Å². The van der Waals surface area contributed by atoms with E-state index in [0.717, 1.165) is 29.7 Å². The van der Waals surface area contributed by atoms with Gasteiger partial charge in [-0.1, -0.05) is 23.4 Å². The average molecular weight is 495 g/mol. The number of hydrogen-bond acceptors (Lipinski definition) is 6. The highest BCUT2D eigenvalue weighted by atomic mass is 32.2. The molecule has 0 unspecified atom stereocenters. The van der Waals surface area contributed by atoms with Gasteiger partial charge in [0, 0.05) is 36.2 Å². The van der Waals surface area contributed by atoms with Gasteiger partial charge in [-0.05, 0) is 81.3 Å². The van der Waals surface area contributed by atoms with Gasteiger partial charge in [0.25, 0.3) is 0 Å². The number of anilines is 1. The maximum Gasteiger partial charge on any atom is 0.243 e. The summed E-state index contributed by atoms with van der Waals surface area (Å²) in [6.45, 7) is 6.36. The zero-order chi connectivity index (χ0) is 24.7. The molecule has 35 heavy (non-hydrogen) atoms. The highest BCUT2D eigenvalue weighted by Gasteiger charge is 2.34. The van der Waals surface area contributed by atoms with Crippen molar-refractivity contribution in [2.24, 2.45) is 5.92 Å². The lowest BCUT2D eigenvalue weighted by Crippen LogP contribution is -2.41. The number of nitrogens with one attached hydrogen (secondary N) is 1. The Balaban J connectivity index is 1.28. The number of hydrogen-bond donors (Lipinski definition) is 1. The van der Waals surface area contributed by atoms with Gasteiger partial charge in [0.2, 0.25) is 27.6 Å². The first-order valence-electron chi connectivity index (χ1n) is 12.0. The molecule has 0 bridgehead atoms. The Hall–Kier alpha value is -3.04. The van der Waals surface area contributed by atoms with Crippen molar-refractivity contribution in [3.05, 3.63) is 59.0 Å². The molecule has 3 aromatic rings. The van der Waals surface area contributed by atoms with Crippen molar-refractivity contribution in [3.8, 4) is 11.4 Å². The summed E-state index contributed by atoms with van der Waals surface area (Å²) in [4.78, 5) is 17.5. The normalized spacial score (nSPS) is 17.5. The van der Waals surface area contributed by atoms with Crippen LogP contribution in [0.4, 0.5) is 5.69 Å². The molecule has 2 fully saturated rings. The van der Waals surface area contributed by atoms with E-state index in [1.807, 2.05) is 32.0 Å². The largest absolute Gasteiger partial charge is 0.339 e. The predicted molar refractivity (Wildman–Crippen MR) is 132 cm³/mol. The number of piperidine rings is 1. The fourth-order valence-electron chi connectivity index (χ4n) is 4.65. The van der Waals surface area contributed by atoms with Crippen LogP contribution in [0.5, 0.6) is 0 Å². The summed E-state index contributed by atoms with van der Waals surface area (Å²) in [6.07, 6.45) is 3.05. The number of amides is 1. The van der Waals surface area contributed by atoms with Crippen LogP contribution in [0.3, 0.4) is 0 Å². The van der Waals surface area contributed by atoms with E-state index in [4.69, 9.17) is 4.52 Å². The van der Waals surface area contributed by atoms with E-state index in [-0.39, 0.29) is 16.7 Å². The fourth-order valence-corrected chi connectivity index (χ4v) is 6.37. The Morgan fingerprint density at radius 1 is 1.00 bits per heavy atom. The summed E-state index contributed by atoms with van der Waals surface area (Å²) in [5.41, 5.74) is 4.23. The van der Waals surface area contributed by atoms with Crippen LogP contribution in [-0.2, 0) is 14.8 Å². The lowest BCUT2D eigenvalue weighted by molar-refractivity contribution is -0.120. The molecule has 1 saturated carbocycles. The Labute approximate surface area is 205 Å². The van der Waals surface area contributed by atoms with E-state index in [1.54, 1.807) is 19.1 Å². The van der Waals surface area contributed by atoms with Crippen molar-refractivity contribution < 1.29 is 17.7 Å². The standard InChI is InChI=1S/C26H30N4O4S/c1-16-12-17(2)14-22(13-16)27-25(31)19-8-10-30(11-9-19)35(32,33)23-15-21(5-4-18(23)3)24-28-26(34-29-24)20-6-7-20/h4-5,12-15,19-20H,6-11H2,1-3H3,(H,27,31). The van der Waals surface area contributed by atoms with E-state index >= 15 is 0 Å². The van der Waals surface area contributed by atoms with Crippen molar-refractivity contribution in [1.29, 1.82) is 0 Å². The third-order valence-corrected chi connectivity index (χ3v) is 8.79. The number of aromatic nitrogens is 2. The molecule has 2 aliphatic rings. The minimum absolute atomic E-state index is 0.0613. The second-order valence-electron chi connectivity index (χ2n) is 9.75. The molecule has 2 heterocycles. The molecule has 1 aliphatic carbocycles. The molecule has 1 amide bonds.